The number of benzene rings is 1. The second-order valence-electron chi connectivity index (χ2n) is 6.50. The van der Waals surface area contributed by atoms with E-state index in [1.807, 2.05) is 6.07 Å². The molecule has 0 unspecified atom stereocenters. The van der Waals surface area contributed by atoms with E-state index >= 15 is 0 Å². The maximum Gasteiger partial charge on any atom is 0.274 e. The second-order valence-corrected chi connectivity index (χ2v) is 6.94. The van der Waals surface area contributed by atoms with Crippen LogP contribution < -0.4 is 10.7 Å². The van der Waals surface area contributed by atoms with E-state index < -0.39 is 23.0 Å². The Morgan fingerprint density at radius 2 is 2.00 bits per heavy atom. The lowest BCUT2D eigenvalue weighted by atomic mass is 10.1. The molecule has 0 saturated carbocycles. The van der Waals surface area contributed by atoms with Crippen LogP contribution in [0.3, 0.4) is 0 Å². The van der Waals surface area contributed by atoms with Crippen LogP contribution in [0.25, 0.3) is 0 Å². The van der Waals surface area contributed by atoms with E-state index in [2.05, 4.69) is 5.32 Å². The maximum absolute atomic E-state index is 12.8. The Morgan fingerprint density at radius 3 is 2.68 bits per heavy atom. The van der Waals surface area contributed by atoms with E-state index in [0.29, 0.717) is 18.1 Å². The van der Waals surface area contributed by atoms with Crippen LogP contribution in [0.15, 0.2) is 35.3 Å². The van der Waals surface area contributed by atoms with Crippen LogP contribution in [0.5, 0.6) is 5.75 Å². The Hall–Kier alpha value is -3.13. The Labute approximate surface area is 165 Å². The third kappa shape index (κ3) is 3.91. The largest absolute Gasteiger partial charge is 0.503 e. The molecule has 3 rings (SSSR count). The summed E-state index contributed by atoms with van der Waals surface area (Å²) in [6.07, 6.45) is 1.24. The number of pyridine rings is 1. The molecule has 0 saturated heterocycles. The predicted molar refractivity (Wildman–Crippen MR) is 102 cm³/mol. The third-order valence-corrected chi connectivity index (χ3v) is 4.60. The van der Waals surface area contributed by atoms with E-state index in [1.54, 1.807) is 18.2 Å². The van der Waals surface area contributed by atoms with Crippen LogP contribution in [0.1, 0.15) is 33.3 Å². The third-order valence-electron chi connectivity index (χ3n) is 4.36. The molecule has 28 heavy (non-hydrogen) atoms. The lowest BCUT2D eigenvalue weighted by molar-refractivity contribution is -0.116. The molecule has 1 aromatic carbocycles. The molecule has 8 nitrogen and oxygen atoms in total. The first-order chi connectivity index (χ1) is 13.3. The summed E-state index contributed by atoms with van der Waals surface area (Å²) < 4.78 is 1.39. The molecule has 1 aliphatic rings. The molecule has 0 atom stereocenters. The highest BCUT2D eigenvalue weighted by Crippen LogP contribution is 2.22. The van der Waals surface area contributed by atoms with Gasteiger partial charge in [-0.3, -0.25) is 19.2 Å². The SMILES string of the molecule is CC(=O)CNC(=O)c1cn2c(c(O)c1=O)C(=O)N(Cc1cccc(Cl)c1)CC2. The standard InChI is InChI=1S/C19H18ClN3O5/c1-11(24)8-21-18(27)14-10-22-5-6-23(9-12-3-2-4-13(20)7-12)19(28)15(22)17(26)16(14)25/h2-4,7,10,26H,5-6,8-9H2,1H3,(H,21,27). The van der Waals surface area contributed by atoms with Crippen LogP contribution in [0, 0.1) is 0 Å². The molecule has 9 heteroatoms. The lowest BCUT2D eigenvalue weighted by Gasteiger charge is -2.30. The van der Waals surface area contributed by atoms with E-state index in [1.165, 1.54) is 22.6 Å². The van der Waals surface area contributed by atoms with Crippen LogP contribution in [0.4, 0.5) is 0 Å². The van der Waals surface area contributed by atoms with Gasteiger partial charge in [-0.2, -0.15) is 0 Å². The number of halogens is 1. The highest BCUT2D eigenvalue weighted by atomic mass is 35.5. The summed E-state index contributed by atoms with van der Waals surface area (Å²) in [7, 11) is 0. The molecule has 0 aliphatic carbocycles. The van der Waals surface area contributed by atoms with Crippen molar-refractivity contribution in [2.45, 2.75) is 20.0 Å². The van der Waals surface area contributed by atoms with Crippen molar-refractivity contribution in [3.8, 4) is 5.75 Å². The average Bonchev–Trinajstić information content (AvgIpc) is 2.64. The maximum atomic E-state index is 12.8. The van der Waals surface area contributed by atoms with Gasteiger partial charge in [0.25, 0.3) is 11.8 Å². The van der Waals surface area contributed by atoms with Crippen LogP contribution >= 0.6 is 11.6 Å². The first kappa shape index (κ1) is 19.6. The number of nitrogens with one attached hydrogen (secondary N) is 1. The summed E-state index contributed by atoms with van der Waals surface area (Å²) in [5, 5.41) is 13.2. The quantitative estimate of drug-likeness (QED) is 0.779. The number of rotatable bonds is 5. The fourth-order valence-electron chi connectivity index (χ4n) is 3.00. The molecule has 0 spiro atoms. The molecule has 0 fully saturated rings. The molecule has 1 aromatic heterocycles. The van der Waals surface area contributed by atoms with Crippen molar-refractivity contribution in [1.82, 2.24) is 14.8 Å². The summed E-state index contributed by atoms with van der Waals surface area (Å²) >= 11 is 5.97. The van der Waals surface area contributed by atoms with Crippen molar-refractivity contribution >= 4 is 29.2 Å². The Morgan fingerprint density at radius 1 is 1.25 bits per heavy atom. The van der Waals surface area contributed by atoms with Gasteiger partial charge in [0.2, 0.25) is 5.43 Å². The van der Waals surface area contributed by atoms with Crippen LogP contribution in [-0.4, -0.2) is 45.3 Å². The van der Waals surface area contributed by atoms with Gasteiger partial charge in [-0.25, -0.2) is 0 Å². The van der Waals surface area contributed by atoms with Crippen molar-refractivity contribution in [1.29, 1.82) is 0 Å². The zero-order valence-electron chi connectivity index (χ0n) is 15.1. The predicted octanol–water partition coefficient (Wildman–Crippen LogP) is 1.18. The fourth-order valence-corrected chi connectivity index (χ4v) is 3.21. The molecule has 0 radical (unpaired) electrons. The number of fused-ring (bicyclic) bond motifs is 1. The molecule has 2 heterocycles. The number of aromatic nitrogens is 1. The van der Waals surface area contributed by atoms with Gasteiger partial charge in [-0.1, -0.05) is 23.7 Å². The zero-order valence-corrected chi connectivity index (χ0v) is 15.8. The van der Waals surface area contributed by atoms with Crippen molar-refractivity contribution in [3.05, 3.63) is 62.5 Å². The van der Waals surface area contributed by atoms with Gasteiger partial charge in [0.15, 0.2) is 11.4 Å². The number of carbonyl (C=O) groups excluding carboxylic acids is 3. The summed E-state index contributed by atoms with van der Waals surface area (Å²) in [5.74, 6) is -2.35. The van der Waals surface area contributed by atoms with Gasteiger partial charge < -0.3 is 19.9 Å². The van der Waals surface area contributed by atoms with Gasteiger partial charge in [0, 0.05) is 30.9 Å². The molecular weight excluding hydrogens is 386 g/mol. The van der Waals surface area contributed by atoms with Gasteiger partial charge in [-0.15, -0.1) is 0 Å². The Bertz CT molecular complexity index is 1030. The van der Waals surface area contributed by atoms with Crippen molar-refractivity contribution in [2.24, 2.45) is 0 Å². The fraction of sp³-hybridized carbons (Fsp3) is 0.263. The monoisotopic (exact) mass is 403 g/mol. The average molecular weight is 404 g/mol. The van der Waals surface area contributed by atoms with Crippen molar-refractivity contribution in [3.63, 3.8) is 0 Å². The van der Waals surface area contributed by atoms with Crippen LogP contribution in [-0.2, 0) is 17.9 Å². The first-order valence-corrected chi connectivity index (χ1v) is 8.93. The molecular formula is C19H18ClN3O5. The Kier molecular flexibility index (Phi) is 5.51. The number of ketones is 1. The summed E-state index contributed by atoms with van der Waals surface area (Å²) in [6, 6.07) is 7.05. The highest BCUT2D eigenvalue weighted by Gasteiger charge is 2.30. The number of Topliss-reactive ketones (excluding diaryl/α,β-unsaturated/α-hetero) is 1. The minimum absolute atomic E-state index is 0.165. The lowest BCUT2D eigenvalue weighted by Crippen LogP contribution is -2.42. The second kappa shape index (κ2) is 7.85. The van der Waals surface area contributed by atoms with Crippen LogP contribution in [0.2, 0.25) is 5.02 Å². The number of amides is 2. The summed E-state index contributed by atoms with van der Waals surface area (Å²) in [5.41, 5.74) is -0.624. The number of carbonyl (C=O) groups is 3. The highest BCUT2D eigenvalue weighted by molar-refractivity contribution is 6.30. The van der Waals surface area contributed by atoms with Crippen molar-refractivity contribution in [2.75, 3.05) is 13.1 Å². The molecule has 2 aromatic rings. The van der Waals surface area contributed by atoms with E-state index in [-0.39, 0.29) is 30.1 Å². The molecule has 1 aliphatic heterocycles. The normalized spacial score (nSPS) is 13.2. The topological polar surface area (TPSA) is 109 Å². The molecule has 0 bridgehead atoms. The Balaban J connectivity index is 1.89. The number of nitrogens with zero attached hydrogens (tertiary/aromatic N) is 2. The first-order valence-electron chi connectivity index (χ1n) is 8.55. The number of hydrogen-bond donors (Lipinski definition) is 2. The van der Waals surface area contributed by atoms with Gasteiger partial charge in [-0.05, 0) is 24.6 Å². The summed E-state index contributed by atoms with van der Waals surface area (Å²) in [6.45, 7) is 1.96. The van der Waals surface area contributed by atoms with Gasteiger partial charge in [0.1, 0.15) is 11.3 Å². The molecule has 2 N–H and O–H groups in total. The minimum atomic E-state index is -0.953. The van der Waals surface area contributed by atoms with Crippen molar-refractivity contribution < 1.29 is 19.5 Å². The minimum Gasteiger partial charge on any atom is -0.503 e. The van der Waals surface area contributed by atoms with Gasteiger partial charge >= 0.3 is 0 Å². The van der Waals surface area contributed by atoms with E-state index in [4.69, 9.17) is 11.6 Å². The smallest absolute Gasteiger partial charge is 0.274 e. The van der Waals surface area contributed by atoms with E-state index in [0.717, 1.165) is 5.56 Å². The molecule has 2 amide bonds. The number of aromatic hydroxyl groups is 1. The van der Waals surface area contributed by atoms with Gasteiger partial charge in [0.05, 0.1) is 6.54 Å². The van der Waals surface area contributed by atoms with E-state index in [9.17, 15) is 24.3 Å². The number of hydrogen-bond acceptors (Lipinski definition) is 5. The zero-order chi connectivity index (χ0) is 20.4. The summed E-state index contributed by atoms with van der Waals surface area (Å²) in [4.78, 5) is 49.8. The molecule has 146 valence electrons.